The highest BCUT2D eigenvalue weighted by Gasteiger charge is 2.33. The lowest BCUT2D eigenvalue weighted by Crippen LogP contribution is -2.30. The molecule has 0 atom stereocenters. The summed E-state index contributed by atoms with van der Waals surface area (Å²) in [5, 5.41) is 9.51. The molecule has 0 fully saturated rings. The second-order valence-electron chi connectivity index (χ2n) is 5.96. The summed E-state index contributed by atoms with van der Waals surface area (Å²) in [6.45, 7) is 2.74. The molecule has 1 aromatic heterocycles. The highest BCUT2D eigenvalue weighted by molar-refractivity contribution is 6.54. The molecule has 3 aromatic rings. The van der Waals surface area contributed by atoms with E-state index in [1.807, 2.05) is 54.7 Å². The molecular formula is C20H18N4O. The summed E-state index contributed by atoms with van der Waals surface area (Å²) in [6.07, 6.45) is 4.47. The van der Waals surface area contributed by atoms with E-state index < -0.39 is 0 Å². The minimum atomic E-state index is -0.0841. The van der Waals surface area contributed by atoms with Crippen molar-refractivity contribution in [2.24, 2.45) is 10.2 Å². The third-order valence-corrected chi connectivity index (χ3v) is 4.32. The van der Waals surface area contributed by atoms with Crippen molar-refractivity contribution in [1.29, 1.82) is 0 Å². The molecule has 1 aliphatic rings. The first kappa shape index (κ1) is 15.3. The highest BCUT2D eigenvalue weighted by atomic mass is 16.2. The zero-order valence-corrected chi connectivity index (χ0v) is 13.9. The quantitative estimate of drug-likeness (QED) is 0.575. The van der Waals surface area contributed by atoms with Crippen LogP contribution < -0.4 is 4.90 Å². The fourth-order valence-corrected chi connectivity index (χ4v) is 3.15. The number of aromatic amines is 1. The number of nitrogens with zero attached hydrogens (tertiary/aromatic N) is 3. The Kier molecular flexibility index (Phi) is 3.90. The zero-order valence-electron chi connectivity index (χ0n) is 13.9. The van der Waals surface area contributed by atoms with Crippen molar-refractivity contribution in [3.05, 3.63) is 65.9 Å². The van der Waals surface area contributed by atoms with E-state index in [1.54, 1.807) is 11.1 Å². The number of benzene rings is 2. The number of amides is 1. The van der Waals surface area contributed by atoms with Crippen LogP contribution in [0.4, 0.5) is 5.69 Å². The summed E-state index contributed by atoms with van der Waals surface area (Å²) in [5.74, 6) is -0.0841. The summed E-state index contributed by atoms with van der Waals surface area (Å²) in [6, 6.07) is 15.7. The maximum atomic E-state index is 12.7. The monoisotopic (exact) mass is 330 g/mol. The topological polar surface area (TPSA) is 60.8 Å². The molecule has 124 valence electrons. The van der Waals surface area contributed by atoms with Gasteiger partial charge in [-0.3, -0.25) is 4.79 Å². The Balaban J connectivity index is 1.68. The van der Waals surface area contributed by atoms with Crippen LogP contribution in [0.2, 0.25) is 0 Å². The van der Waals surface area contributed by atoms with Gasteiger partial charge in [0.05, 0.1) is 11.9 Å². The predicted molar refractivity (Wildman–Crippen MR) is 102 cm³/mol. The van der Waals surface area contributed by atoms with Crippen LogP contribution in [0.15, 0.2) is 64.9 Å². The number of fused-ring (bicyclic) bond motifs is 2. The van der Waals surface area contributed by atoms with Crippen LogP contribution in [0, 0.1) is 0 Å². The first-order valence-electron chi connectivity index (χ1n) is 8.38. The van der Waals surface area contributed by atoms with Gasteiger partial charge in [0.15, 0.2) is 5.71 Å². The van der Waals surface area contributed by atoms with Crippen molar-refractivity contribution in [3.63, 3.8) is 0 Å². The molecule has 2 heterocycles. The van der Waals surface area contributed by atoms with Crippen LogP contribution in [0.25, 0.3) is 10.9 Å². The van der Waals surface area contributed by atoms with Gasteiger partial charge in [-0.25, -0.2) is 0 Å². The highest BCUT2D eigenvalue weighted by Crippen LogP contribution is 2.29. The van der Waals surface area contributed by atoms with E-state index in [1.165, 1.54) is 0 Å². The van der Waals surface area contributed by atoms with Gasteiger partial charge in [-0.1, -0.05) is 43.3 Å². The third kappa shape index (κ3) is 2.63. The molecule has 0 saturated carbocycles. The predicted octanol–water partition coefficient (Wildman–Crippen LogP) is 3.75. The van der Waals surface area contributed by atoms with Crippen LogP contribution in [0.5, 0.6) is 0 Å². The molecular weight excluding hydrogens is 312 g/mol. The Hall–Kier alpha value is -3.21. The summed E-state index contributed by atoms with van der Waals surface area (Å²) < 4.78 is 0. The van der Waals surface area contributed by atoms with E-state index in [2.05, 4.69) is 22.1 Å². The van der Waals surface area contributed by atoms with Gasteiger partial charge >= 0.3 is 0 Å². The van der Waals surface area contributed by atoms with Gasteiger partial charge in [0.1, 0.15) is 0 Å². The Morgan fingerprint density at radius 1 is 1.12 bits per heavy atom. The molecule has 25 heavy (non-hydrogen) atoms. The number of anilines is 1. The second-order valence-corrected chi connectivity index (χ2v) is 5.96. The van der Waals surface area contributed by atoms with Crippen LogP contribution in [-0.4, -0.2) is 29.4 Å². The van der Waals surface area contributed by atoms with Crippen molar-refractivity contribution in [3.8, 4) is 0 Å². The smallest absolute Gasteiger partial charge is 0.279 e. The number of rotatable bonds is 4. The lowest BCUT2D eigenvalue weighted by molar-refractivity contribution is -0.112. The lowest BCUT2D eigenvalue weighted by atomic mass is 10.1. The second kappa shape index (κ2) is 6.36. The van der Waals surface area contributed by atoms with Crippen molar-refractivity contribution < 1.29 is 4.79 Å². The Bertz CT molecular complexity index is 1000. The number of hydrogen-bond acceptors (Lipinski definition) is 3. The SMILES string of the molecule is CCCN1C(=O)/C(=N/N=C/c2c[nH]c3ccccc23)c2ccccc21. The van der Waals surface area contributed by atoms with E-state index >= 15 is 0 Å². The Labute approximate surface area is 145 Å². The van der Waals surface area contributed by atoms with Gasteiger partial charge in [-0.05, 0) is 18.6 Å². The molecule has 5 heteroatoms. The van der Waals surface area contributed by atoms with E-state index in [0.29, 0.717) is 12.3 Å². The minimum absolute atomic E-state index is 0.0841. The molecule has 0 radical (unpaired) electrons. The molecule has 0 aliphatic carbocycles. The van der Waals surface area contributed by atoms with Crippen LogP contribution in [0.3, 0.4) is 0 Å². The minimum Gasteiger partial charge on any atom is -0.361 e. The van der Waals surface area contributed by atoms with Crippen LogP contribution in [-0.2, 0) is 4.79 Å². The maximum absolute atomic E-state index is 12.7. The first-order valence-corrected chi connectivity index (χ1v) is 8.38. The number of para-hydroxylation sites is 2. The normalized spacial score (nSPS) is 15.6. The van der Waals surface area contributed by atoms with Gasteiger partial charge in [0, 0.05) is 34.8 Å². The first-order chi connectivity index (χ1) is 12.3. The van der Waals surface area contributed by atoms with Gasteiger partial charge in [0.25, 0.3) is 5.91 Å². The largest absolute Gasteiger partial charge is 0.361 e. The van der Waals surface area contributed by atoms with Crippen molar-refractivity contribution >= 4 is 34.4 Å². The number of carbonyl (C=O) groups excluding carboxylic acids is 1. The molecule has 1 aliphatic heterocycles. The standard InChI is InChI=1S/C20H18N4O/c1-2-11-24-18-10-6-4-8-16(18)19(20(24)25)23-22-13-14-12-21-17-9-5-3-7-15(14)17/h3-10,12-13,21H,2,11H2,1H3/b22-13+,23-19+. The molecule has 1 amide bonds. The van der Waals surface area contributed by atoms with Crippen LogP contribution >= 0.6 is 0 Å². The van der Waals surface area contributed by atoms with Gasteiger partial charge in [-0.2, -0.15) is 5.10 Å². The summed E-state index contributed by atoms with van der Waals surface area (Å²) in [7, 11) is 0. The molecule has 0 spiro atoms. The van der Waals surface area contributed by atoms with Crippen molar-refractivity contribution in [1.82, 2.24) is 4.98 Å². The lowest BCUT2D eigenvalue weighted by Gasteiger charge is -2.14. The number of aromatic nitrogens is 1. The Morgan fingerprint density at radius 3 is 2.80 bits per heavy atom. The van der Waals surface area contributed by atoms with Gasteiger partial charge < -0.3 is 9.88 Å². The number of H-pyrrole nitrogens is 1. The van der Waals surface area contributed by atoms with E-state index in [9.17, 15) is 4.79 Å². The third-order valence-electron chi connectivity index (χ3n) is 4.32. The molecule has 5 nitrogen and oxygen atoms in total. The number of hydrogen-bond donors (Lipinski definition) is 1. The average Bonchev–Trinajstić information content (AvgIpc) is 3.17. The van der Waals surface area contributed by atoms with Crippen molar-refractivity contribution in [2.75, 3.05) is 11.4 Å². The molecule has 0 saturated heterocycles. The van der Waals surface area contributed by atoms with Gasteiger partial charge in [0.2, 0.25) is 0 Å². The van der Waals surface area contributed by atoms with E-state index in [4.69, 9.17) is 0 Å². The Morgan fingerprint density at radius 2 is 1.92 bits per heavy atom. The average molecular weight is 330 g/mol. The van der Waals surface area contributed by atoms with E-state index in [0.717, 1.165) is 34.1 Å². The number of carbonyl (C=O) groups is 1. The fourth-order valence-electron chi connectivity index (χ4n) is 3.15. The summed E-state index contributed by atoms with van der Waals surface area (Å²) >= 11 is 0. The van der Waals surface area contributed by atoms with Gasteiger partial charge in [-0.15, -0.1) is 5.10 Å². The fraction of sp³-hybridized carbons (Fsp3) is 0.150. The van der Waals surface area contributed by atoms with Crippen LogP contribution in [0.1, 0.15) is 24.5 Å². The molecule has 2 aromatic carbocycles. The molecule has 0 bridgehead atoms. The number of nitrogens with one attached hydrogen (secondary N) is 1. The molecule has 4 rings (SSSR count). The summed E-state index contributed by atoms with van der Waals surface area (Å²) in [4.78, 5) is 17.6. The zero-order chi connectivity index (χ0) is 17.2. The summed E-state index contributed by atoms with van der Waals surface area (Å²) in [5.41, 5.74) is 4.16. The molecule has 0 unspecified atom stereocenters. The van der Waals surface area contributed by atoms with E-state index in [-0.39, 0.29) is 5.91 Å². The van der Waals surface area contributed by atoms with Crippen molar-refractivity contribution in [2.45, 2.75) is 13.3 Å². The maximum Gasteiger partial charge on any atom is 0.279 e. The molecule has 1 N–H and O–H groups in total.